The van der Waals surface area contributed by atoms with Crippen molar-refractivity contribution in [2.75, 3.05) is 24.5 Å². The van der Waals surface area contributed by atoms with Crippen LogP contribution in [0.15, 0.2) is 24.3 Å². The van der Waals surface area contributed by atoms with Gasteiger partial charge in [0.15, 0.2) is 0 Å². The van der Waals surface area contributed by atoms with Gasteiger partial charge < -0.3 is 10.2 Å². The third-order valence-electron chi connectivity index (χ3n) is 4.41. The quantitative estimate of drug-likeness (QED) is 0.851. The molecule has 2 atom stereocenters. The number of anilines is 1. The summed E-state index contributed by atoms with van der Waals surface area (Å²) in [6.45, 7) is 7.11. The van der Waals surface area contributed by atoms with Gasteiger partial charge in [-0.25, -0.2) is 4.39 Å². The maximum atomic E-state index is 14.0. The summed E-state index contributed by atoms with van der Waals surface area (Å²) in [6, 6.07) is 7.72. The summed E-state index contributed by atoms with van der Waals surface area (Å²) < 4.78 is 14.0. The fourth-order valence-electron chi connectivity index (χ4n) is 3.35. The van der Waals surface area contributed by atoms with Gasteiger partial charge in [0, 0.05) is 19.1 Å². The second-order valence-electron chi connectivity index (χ2n) is 5.70. The number of benzene rings is 1. The van der Waals surface area contributed by atoms with E-state index in [0.29, 0.717) is 12.0 Å². The van der Waals surface area contributed by atoms with Crippen molar-refractivity contribution in [3.05, 3.63) is 30.1 Å². The van der Waals surface area contributed by atoms with Crippen LogP contribution < -0.4 is 10.2 Å². The van der Waals surface area contributed by atoms with Gasteiger partial charge in [0.05, 0.1) is 5.69 Å². The molecule has 112 valence electrons. The predicted octanol–water partition coefficient (Wildman–Crippen LogP) is 3.82. The highest BCUT2D eigenvalue weighted by atomic mass is 19.1. The molecule has 1 fully saturated rings. The molecule has 1 N–H and O–H groups in total. The first kappa shape index (κ1) is 15.3. The van der Waals surface area contributed by atoms with Crippen molar-refractivity contribution >= 4 is 5.69 Å². The van der Waals surface area contributed by atoms with Gasteiger partial charge in [-0.05, 0) is 44.4 Å². The van der Waals surface area contributed by atoms with Crippen molar-refractivity contribution in [2.24, 2.45) is 5.92 Å². The van der Waals surface area contributed by atoms with Crippen LogP contribution in [0.1, 0.15) is 39.5 Å². The molecule has 0 aliphatic heterocycles. The lowest BCUT2D eigenvalue weighted by molar-refractivity contribution is 0.267. The second-order valence-corrected chi connectivity index (χ2v) is 5.70. The number of para-hydroxylation sites is 1. The van der Waals surface area contributed by atoms with Crippen LogP contribution in [-0.2, 0) is 0 Å². The Morgan fingerprint density at radius 3 is 2.65 bits per heavy atom. The lowest BCUT2D eigenvalue weighted by atomic mass is 9.84. The normalized spacial score (nSPS) is 22.8. The first-order chi connectivity index (χ1) is 9.76. The van der Waals surface area contributed by atoms with E-state index in [-0.39, 0.29) is 5.82 Å². The zero-order valence-corrected chi connectivity index (χ0v) is 12.7. The van der Waals surface area contributed by atoms with Gasteiger partial charge in [0.25, 0.3) is 0 Å². The molecule has 2 rings (SSSR count). The SMILES string of the molecule is CCNC1CCCCC1CN(CC)c1ccccc1F. The van der Waals surface area contributed by atoms with Gasteiger partial charge in [0.2, 0.25) is 0 Å². The molecule has 0 aromatic heterocycles. The lowest BCUT2D eigenvalue weighted by Gasteiger charge is -2.36. The second kappa shape index (κ2) is 7.63. The van der Waals surface area contributed by atoms with E-state index < -0.39 is 0 Å². The van der Waals surface area contributed by atoms with Crippen LogP contribution in [0.4, 0.5) is 10.1 Å². The Balaban J connectivity index is 2.06. The monoisotopic (exact) mass is 278 g/mol. The molecule has 0 bridgehead atoms. The largest absolute Gasteiger partial charge is 0.369 e. The average molecular weight is 278 g/mol. The predicted molar refractivity (Wildman–Crippen MR) is 83.7 cm³/mol. The van der Waals surface area contributed by atoms with Gasteiger partial charge in [-0.1, -0.05) is 31.9 Å². The standard InChI is InChI=1S/C17H27FN2/c1-3-19-16-11-7-5-9-14(16)13-20(4-2)17-12-8-6-10-15(17)18/h6,8,10,12,14,16,19H,3-5,7,9,11,13H2,1-2H3. The van der Waals surface area contributed by atoms with Crippen molar-refractivity contribution in [1.29, 1.82) is 0 Å². The van der Waals surface area contributed by atoms with E-state index in [1.54, 1.807) is 12.1 Å². The van der Waals surface area contributed by atoms with Gasteiger partial charge >= 0.3 is 0 Å². The fourth-order valence-corrected chi connectivity index (χ4v) is 3.35. The molecule has 0 amide bonds. The zero-order chi connectivity index (χ0) is 14.4. The Labute approximate surface area is 122 Å². The van der Waals surface area contributed by atoms with E-state index in [1.807, 2.05) is 12.1 Å². The molecule has 0 spiro atoms. The van der Waals surface area contributed by atoms with Crippen LogP contribution in [0.5, 0.6) is 0 Å². The molecule has 1 saturated carbocycles. The van der Waals surface area contributed by atoms with Gasteiger partial charge in [0.1, 0.15) is 5.82 Å². The Hall–Kier alpha value is -1.09. The number of hydrogen-bond donors (Lipinski definition) is 1. The third-order valence-corrected chi connectivity index (χ3v) is 4.41. The number of halogens is 1. The summed E-state index contributed by atoms with van der Waals surface area (Å²) in [4.78, 5) is 2.19. The molecule has 1 aliphatic carbocycles. The zero-order valence-electron chi connectivity index (χ0n) is 12.7. The minimum atomic E-state index is -0.106. The van der Waals surface area contributed by atoms with E-state index in [4.69, 9.17) is 0 Å². The number of nitrogens with one attached hydrogen (secondary N) is 1. The highest BCUT2D eigenvalue weighted by Gasteiger charge is 2.26. The molecule has 1 aliphatic rings. The smallest absolute Gasteiger partial charge is 0.146 e. The highest BCUT2D eigenvalue weighted by molar-refractivity contribution is 5.47. The summed E-state index contributed by atoms with van der Waals surface area (Å²) in [7, 11) is 0. The first-order valence-corrected chi connectivity index (χ1v) is 7.99. The minimum absolute atomic E-state index is 0.106. The molecular weight excluding hydrogens is 251 g/mol. The Kier molecular flexibility index (Phi) is 5.84. The van der Waals surface area contributed by atoms with E-state index in [0.717, 1.165) is 25.3 Å². The van der Waals surface area contributed by atoms with Crippen molar-refractivity contribution < 1.29 is 4.39 Å². The molecular formula is C17H27FN2. The van der Waals surface area contributed by atoms with Crippen LogP contribution in [0.3, 0.4) is 0 Å². The summed E-state index contributed by atoms with van der Waals surface area (Å²) in [6.07, 6.45) is 5.14. The minimum Gasteiger partial charge on any atom is -0.369 e. The summed E-state index contributed by atoms with van der Waals surface area (Å²) in [5.74, 6) is 0.522. The molecule has 3 heteroatoms. The van der Waals surface area contributed by atoms with Gasteiger partial charge in [-0.2, -0.15) is 0 Å². The van der Waals surface area contributed by atoms with E-state index in [1.165, 1.54) is 25.7 Å². The Morgan fingerprint density at radius 2 is 1.95 bits per heavy atom. The Morgan fingerprint density at radius 1 is 1.20 bits per heavy atom. The van der Waals surface area contributed by atoms with E-state index >= 15 is 0 Å². The topological polar surface area (TPSA) is 15.3 Å². The van der Waals surface area contributed by atoms with Gasteiger partial charge in [-0.3, -0.25) is 0 Å². The average Bonchev–Trinajstić information content (AvgIpc) is 2.47. The summed E-state index contributed by atoms with van der Waals surface area (Å²) in [5, 5.41) is 3.61. The van der Waals surface area contributed by atoms with Crippen LogP contribution in [0.2, 0.25) is 0 Å². The molecule has 0 heterocycles. The van der Waals surface area contributed by atoms with Crippen LogP contribution in [0.25, 0.3) is 0 Å². The molecule has 2 nitrogen and oxygen atoms in total. The van der Waals surface area contributed by atoms with Gasteiger partial charge in [-0.15, -0.1) is 0 Å². The fraction of sp³-hybridized carbons (Fsp3) is 0.647. The van der Waals surface area contributed by atoms with Crippen LogP contribution in [0, 0.1) is 11.7 Å². The van der Waals surface area contributed by atoms with Crippen LogP contribution in [-0.4, -0.2) is 25.7 Å². The third kappa shape index (κ3) is 3.72. The molecule has 0 saturated heterocycles. The highest BCUT2D eigenvalue weighted by Crippen LogP contribution is 2.28. The molecule has 1 aromatic carbocycles. The van der Waals surface area contributed by atoms with Crippen molar-refractivity contribution in [1.82, 2.24) is 5.32 Å². The van der Waals surface area contributed by atoms with Crippen molar-refractivity contribution in [3.63, 3.8) is 0 Å². The van der Waals surface area contributed by atoms with Crippen molar-refractivity contribution in [3.8, 4) is 0 Å². The Bertz CT molecular complexity index is 406. The maximum Gasteiger partial charge on any atom is 0.146 e. The van der Waals surface area contributed by atoms with E-state index in [2.05, 4.69) is 24.1 Å². The van der Waals surface area contributed by atoms with E-state index in [9.17, 15) is 4.39 Å². The molecule has 1 aromatic rings. The van der Waals surface area contributed by atoms with Crippen LogP contribution >= 0.6 is 0 Å². The summed E-state index contributed by atoms with van der Waals surface area (Å²) >= 11 is 0. The maximum absolute atomic E-state index is 14.0. The molecule has 2 unspecified atom stereocenters. The number of nitrogens with zero attached hydrogens (tertiary/aromatic N) is 1. The first-order valence-electron chi connectivity index (χ1n) is 7.99. The number of hydrogen-bond acceptors (Lipinski definition) is 2. The molecule has 20 heavy (non-hydrogen) atoms. The lowest BCUT2D eigenvalue weighted by Crippen LogP contribution is -2.44. The number of rotatable bonds is 6. The molecule has 0 radical (unpaired) electrons. The van der Waals surface area contributed by atoms with Crippen molar-refractivity contribution in [2.45, 2.75) is 45.6 Å². The summed E-state index contributed by atoms with van der Waals surface area (Å²) in [5.41, 5.74) is 0.746.